The summed E-state index contributed by atoms with van der Waals surface area (Å²) in [7, 11) is 0. The fourth-order valence-corrected chi connectivity index (χ4v) is 3.63. The van der Waals surface area contributed by atoms with Crippen LogP contribution in [0.3, 0.4) is 0 Å². The summed E-state index contributed by atoms with van der Waals surface area (Å²) in [5.74, 6) is 0.149. The minimum atomic E-state index is -0.0419. The molecule has 0 aliphatic carbocycles. The lowest BCUT2D eigenvalue weighted by Crippen LogP contribution is -2.47. The molecular weight excluding hydrogens is 302 g/mol. The lowest BCUT2D eigenvalue weighted by molar-refractivity contribution is -0.133. The van der Waals surface area contributed by atoms with Gasteiger partial charge in [-0.3, -0.25) is 9.59 Å². The van der Waals surface area contributed by atoms with E-state index in [1.807, 2.05) is 11.0 Å². The number of hydrazone groups is 1. The van der Waals surface area contributed by atoms with Gasteiger partial charge in [-0.1, -0.05) is 37.3 Å². The highest BCUT2D eigenvalue weighted by molar-refractivity contribution is 5.94. The van der Waals surface area contributed by atoms with Crippen molar-refractivity contribution in [1.82, 2.24) is 10.3 Å². The summed E-state index contributed by atoms with van der Waals surface area (Å²) in [6.07, 6.45) is 4.40. The standard InChI is InChI=1S/C19H25N3O2/c1-19(15-6-3-2-4-7-15)12-5-13-22(14-19)18(24)11-9-16-8-10-17(23)21-20-16/h2-4,6-7H,5,8-14H2,1H3,(H,21,23). The molecule has 1 saturated heterocycles. The molecule has 24 heavy (non-hydrogen) atoms. The normalized spacial score (nSPS) is 24.3. The van der Waals surface area contributed by atoms with E-state index >= 15 is 0 Å². The molecular formula is C19H25N3O2. The first-order chi connectivity index (χ1) is 11.6. The van der Waals surface area contributed by atoms with Gasteiger partial charge in [-0.15, -0.1) is 0 Å². The molecule has 0 bridgehead atoms. The Morgan fingerprint density at radius 1 is 1.29 bits per heavy atom. The van der Waals surface area contributed by atoms with Gasteiger partial charge in [0.1, 0.15) is 0 Å². The zero-order valence-corrected chi connectivity index (χ0v) is 14.3. The van der Waals surface area contributed by atoms with Gasteiger partial charge in [-0.25, -0.2) is 5.43 Å². The number of piperidine rings is 1. The number of rotatable bonds is 4. The third-order valence-electron chi connectivity index (χ3n) is 5.13. The smallest absolute Gasteiger partial charge is 0.240 e. The van der Waals surface area contributed by atoms with Crippen LogP contribution in [0.25, 0.3) is 0 Å². The van der Waals surface area contributed by atoms with Gasteiger partial charge in [0.2, 0.25) is 11.8 Å². The Hall–Kier alpha value is -2.17. The lowest BCUT2D eigenvalue weighted by Gasteiger charge is -2.41. The highest BCUT2D eigenvalue weighted by Crippen LogP contribution is 2.33. The van der Waals surface area contributed by atoms with Gasteiger partial charge in [0.15, 0.2) is 0 Å². The minimum Gasteiger partial charge on any atom is -0.342 e. The zero-order chi connectivity index (χ0) is 17.0. The number of hydrogen-bond acceptors (Lipinski definition) is 3. The molecule has 1 fully saturated rings. The number of benzene rings is 1. The summed E-state index contributed by atoms with van der Waals surface area (Å²) in [6.45, 7) is 3.87. The van der Waals surface area contributed by atoms with E-state index in [0.29, 0.717) is 25.7 Å². The number of carbonyl (C=O) groups is 2. The number of likely N-dealkylation sites (tertiary alicyclic amines) is 1. The molecule has 1 N–H and O–H groups in total. The van der Waals surface area contributed by atoms with Crippen LogP contribution in [0.1, 0.15) is 51.0 Å². The summed E-state index contributed by atoms with van der Waals surface area (Å²) in [4.78, 5) is 25.7. The summed E-state index contributed by atoms with van der Waals surface area (Å²) >= 11 is 0. The lowest BCUT2D eigenvalue weighted by atomic mass is 9.76. The highest BCUT2D eigenvalue weighted by Gasteiger charge is 2.34. The van der Waals surface area contributed by atoms with Gasteiger partial charge in [0, 0.05) is 37.1 Å². The summed E-state index contributed by atoms with van der Waals surface area (Å²) in [5, 5.41) is 4.05. The van der Waals surface area contributed by atoms with Crippen molar-refractivity contribution in [1.29, 1.82) is 0 Å². The van der Waals surface area contributed by atoms with Gasteiger partial charge in [0.05, 0.1) is 0 Å². The average Bonchev–Trinajstić information content (AvgIpc) is 2.62. The molecule has 5 heteroatoms. The second-order valence-corrected chi connectivity index (χ2v) is 7.06. The van der Waals surface area contributed by atoms with E-state index in [1.165, 1.54) is 5.56 Å². The predicted octanol–water partition coefficient (Wildman–Crippen LogP) is 2.61. The first-order valence-corrected chi connectivity index (χ1v) is 8.74. The number of amides is 2. The molecule has 2 aliphatic heterocycles. The van der Waals surface area contributed by atoms with E-state index in [4.69, 9.17) is 0 Å². The van der Waals surface area contributed by atoms with Crippen molar-refractivity contribution in [3.8, 4) is 0 Å². The van der Waals surface area contributed by atoms with Gasteiger partial charge < -0.3 is 4.90 Å². The van der Waals surface area contributed by atoms with Crippen molar-refractivity contribution in [2.45, 2.75) is 50.9 Å². The SMILES string of the molecule is CC1(c2ccccc2)CCCN(C(=O)CCC2=NNC(=O)CC2)C1. The van der Waals surface area contributed by atoms with E-state index in [0.717, 1.165) is 31.6 Å². The maximum atomic E-state index is 12.6. The van der Waals surface area contributed by atoms with Crippen molar-refractivity contribution in [3.63, 3.8) is 0 Å². The summed E-state index contributed by atoms with van der Waals surface area (Å²) in [5.41, 5.74) is 4.76. The van der Waals surface area contributed by atoms with Crippen LogP contribution >= 0.6 is 0 Å². The number of nitrogens with one attached hydrogen (secondary N) is 1. The van der Waals surface area contributed by atoms with Crippen molar-refractivity contribution < 1.29 is 9.59 Å². The molecule has 1 aromatic carbocycles. The third-order valence-corrected chi connectivity index (χ3v) is 5.13. The Labute approximate surface area is 143 Å². The largest absolute Gasteiger partial charge is 0.342 e. The van der Waals surface area contributed by atoms with Crippen molar-refractivity contribution >= 4 is 17.5 Å². The van der Waals surface area contributed by atoms with Crippen molar-refractivity contribution in [2.75, 3.05) is 13.1 Å². The molecule has 1 aromatic rings. The van der Waals surface area contributed by atoms with Gasteiger partial charge in [0.25, 0.3) is 0 Å². The van der Waals surface area contributed by atoms with E-state index in [-0.39, 0.29) is 17.2 Å². The molecule has 5 nitrogen and oxygen atoms in total. The molecule has 0 spiro atoms. The molecule has 0 aromatic heterocycles. The van der Waals surface area contributed by atoms with Crippen molar-refractivity contribution in [2.24, 2.45) is 5.10 Å². The Morgan fingerprint density at radius 2 is 2.08 bits per heavy atom. The molecule has 2 aliphatic rings. The van der Waals surface area contributed by atoms with Crippen LogP contribution in [-0.2, 0) is 15.0 Å². The van der Waals surface area contributed by atoms with E-state index in [2.05, 4.69) is 41.7 Å². The minimum absolute atomic E-state index is 0.0332. The number of nitrogens with zero attached hydrogens (tertiary/aromatic N) is 2. The first-order valence-electron chi connectivity index (χ1n) is 8.74. The van der Waals surface area contributed by atoms with Crippen LogP contribution < -0.4 is 5.43 Å². The average molecular weight is 327 g/mol. The van der Waals surface area contributed by atoms with Crippen LogP contribution in [0.15, 0.2) is 35.4 Å². The van der Waals surface area contributed by atoms with Crippen molar-refractivity contribution in [3.05, 3.63) is 35.9 Å². The predicted molar refractivity (Wildman–Crippen MR) is 93.7 cm³/mol. The fraction of sp³-hybridized carbons (Fsp3) is 0.526. The third kappa shape index (κ3) is 3.83. The topological polar surface area (TPSA) is 61.8 Å². The Kier molecular flexibility index (Phi) is 4.97. The zero-order valence-electron chi connectivity index (χ0n) is 14.3. The second-order valence-electron chi connectivity index (χ2n) is 7.06. The van der Waals surface area contributed by atoms with Crippen LogP contribution in [0.5, 0.6) is 0 Å². The maximum absolute atomic E-state index is 12.6. The van der Waals surface area contributed by atoms with Crippen LogP contribution in [-0.4, -0.2) is 35.5 Å². The van der Waals surface area contributed by atoms with Crippen LogP contribution in [0.2, 0.25) is 0 Å². The van der Waals surface area contributed by atoms with Gasteiger partial charge in [-0.2, -0.15) is 5.10 Å². The van der Waals surface area contributed by atoms with E-state index in [1.54, 1.807) is 0 Å². The van der Waals surface area contributed by atoms with Gasteiger partial charge in [-0.05, 0) is 31.2 Å². The molecule has 2 amide bonds. The van der Waals surface area contributed by atoms with Crippen LogP contribution in [0.4, 0.5) is 0 Å². The molecule has 3 rings (SSSR count). The summed E-state index contributed by atoms with van der Waals surface area (Å²) < 4.78 is 0. The quantitative estimate of drug-likeness (QED) is 0.924. The van der Waals surface area contributed by atoms with E-state index < -0.39 is 0 Å². The molecule has 0 saturated carbocycles. The van der Waals surface area contributed by atoms with E-state index in [9.17, 15) is 9.59 Å². The molecule has 1 atom stereocenters. The molecule has 0 radical (unpaired) electrons. The highest BCUT2D eigenvalue weighted by atomic mass is 16.2. The molecule has 128 valence electrons. The maximum Gasteiger partial charge on any atom is 0.240 e. The van der Waals surface area contributed by atoms with Crippen LogP contribution in [0, 0.1) is 0 Å². The second kappa shape index (κ2) is 7.16. The Balaban J connectivity index is 1.58. The number of hydrogen-bond donors (Lipinski definition) is 1. The Bertz CT molecular complexity index is 641. The monoisotopic (exact) mass is 327 g/mol. The summed E-state index contributed by atoms with van der Waals surface area (Å²) in [6, 6.07) is 10.5. The van der Waals surface area contributed by atoms with Gasteiger partial charge >= 0.3 is 0 Å². The first kappa shape index (κ1) is 16.7. The number of carbonyl (C=O) groups excluding carboxylic acids is 2. The Morgan fingerprint density at radius 3 is 2.79 bits per heavy atom. The molecule has 2 heterocycles. The molecule has 1 unspecified atom stereocenters. The fourth-order valence-electron chi connectivity index (χ4n) is 3.63.